The zero-order chi connectivity index (χ0) is 21.9. The fraction of sp³-hybridized carbons (Fsp3) is 0.222. The molecule has 160 valence electrons. The molecule has 1 amide bonds. The number of nitrogens with zero attached hydrogens (tertiary/aromatic N) is 2. The van der Waals surface area contributed by atoms with Crippen LogP contribution in [0, 0.1) is 0 Å². The Kier molecular flexibility index (Phi) is 7.01. The minimum absolute atomic E-state index is 0.205. The first-order valence-corrected chi connectivity index (χ1v) is 11.7. The molecule has 1 fully saturated rings. The molecule has 1 aliphatic heterocycles. The molecule has 2 aromatic carbocycles. The quantitative estimate of drug-likeness (QED) is 0.278. The third-order valence-electron chi connectivity index (χ3n) is 4.27. The summed E-state index contributed by atoms with van der Waals surface area (Å²) < 4.78 is 33.7. The number of nitrogens with one attached hydrogen (secondary N) is 1. The molecular weight excluding hydrogens is 546 g/mol. The van der Waals surface area contributed by atoms with Gasteiger partial charge < -0.3 is 20.4 Å². The highest BCUT2D eigenvalue weighted by Gasteiger charge is 2.30. The van der Waals surface area contributed by atoms with Crippen LogP contribution in [0.2, 0.25) is 0 Å². The molecule has 0 aromatic heterocycles. The van der Waals surface area contributed by atoms with Gasteiger partial charge in [0.1, 0.15) is 22.6 Å². The SMILES string of the molecule is O=C(/C=N/O)Nc1cc(Br)c(Oc2ccc(O)c(S(=O)(=O)N3CCCC3)c2)c(Br)c1. The van der Waals surface area contributed by atoms with E-state index in [9.17, 15) is 18.3 Å². The normalized spacial score (nSPS) is 14.9. The first kappa shape index (κ1) is 22.5. The molecule has 0 aliphatic carbocycles. The summed E-state index contributed by atoms with van der Waals surface area (Å²) in [5.41, 5.74) is 0.397. The van der Waals surface area contributed by atoms with Crippen molar-refractivity contribution < 1.29 is 28.3 Å². The van der Waals surface area contributed by atoms with E-state index in [0.717, 1.165) is 12.8 Å². The molecule has 0 saturated carbocycles. The van der Waals surface area contributed by atoms with Crippen molar-refractivity contribution in [3.63, 3.8) is 0 Å². The summed E-state index contributed by atoms with van der Waals surface area (Å²) >= 11 is 6.69. The van der Waals surface area contributed by atoms with Gasteiger partial charge in [0.15, 0.2) is 5.75 Å². The predicted octanol–water partition coefficient (Wildman–Crippen LogP) is 3.89. The smallest absolute Gasteiger partial charge is 0.270 e. The molecule has 1 saturated heterocycles. The first-order chi connectivity index (χ1) is 14.2. The highest BCUT2D eigenvalue weighted by atomic mass is 79.9. The Morgan fingerprint density at radius 2 is 1.80 bits per heavy atom. The number of halogens is 2. The predicted molar refractivity (Wildman–Crippen MR) is 117 cm³/mol. The highest BCUT2D eigenvalue weighted by Crippen LogP contribution is 2.40. The van der Waals surface area contributed by atoms with Crippen LogP contribution in [0.5, 0.6) is 17.2 Å². The molecule has 0 bridgehead atoms. The van der Waals surface area contributed by atoms with Crippen LogP contribution in [-0.2, 0) is 14.8 Å². The van der Waals surface area contributed by atoms with Gasteiger partial charge in [-0.15, -0.1) is 0 Å². The number of benzene rings is 2. The second-order valence-corrected chi connectivity index (χ2v) is 9.96. The maximum absolute atomic E-state index is 12.8. The fourth-order valence-electron chi connectivity index (χ4n) is 2.91. The Labute approximate surface area is 189 Å². The van der Waals surface area contributed by atoms with E-state index in [1.54, 1.807) is 12.1 Å². The van der Waals surface area contributed by atoms with Crippen molar-refractivity contribution in [3.05, 3.63) is 39.3 Å². The van der Waals surface area contributed by atoms with Crippen molar-refractivity contribution in [2.45, 2.75) is 17.7 Å². The number of phenolic OH excluding ortho intramolecular Hbond substituents is 1. The lowest BCUT2D eigenvalue weighted by atomic mass is 10.3. The van der Waals surface area contributed by atoms with Crippen LogP contribution in [0.1, 0.15) is 12.8 Å². The van der Waals surface area contributed by atoms with Gasteiger partial charge in [-0.3, -0.25) is 4.79 Å². The summed E-state index contributed by atoms with van der Waals surface area (Å²) in [6.45, 7) is 0.830. The number of anilines is 1. The van der Waals surface area contributed by atoms with Crippen molar-refractivity contribution in [1.29, 1.82) is 0 Å². The fourth-order valence-corrected chi connectivity index (χ4v) is 5.87. The van der Waals surface area contributed by atoms with E-state index in [4.69, 9.17) is 9.94 Å². The third-order valence-corrected chi connectivity index (χ3v) is 7.38. The summed E-state index contributed by atoms with van der Waals surface area (Å²) in [4.78, 5) is 11.3. The molecule has 3 N–H and O–H groups in total. The van der Waals surface area contributed by atoms with Crippen molar-refractivity contribution in [2.24, 2.45) is 5.16 Å². The number of hydrogen-bond acceptors (Lipinski definition) is 7. The number of phenols is 1. The van der Waals surface area contributed by atoms with Crippen LogP contribution in [0.25, 0.3) is 0 Å². The van der Waals surface area contributed by atoms with E-state index in [0.29, 0.717) is 39.7 Å². The molecule has 0 radical (unpaired) electrons. The van der Waals surface area contributed by atoms with Crippen LogP contribution in [-0.4, -0.2) is 48.2 Å². The van der Waals surface area contributed by atoms with Crippen LogP contribution >= 0.6 is 31.9 Å². The van der Waals surface area contributed by atoms with E-state index in [1.807, 2.05) is 0 Å². The maximum Gasteiger partial charge on any atom is 0.270 e. The van der Waals surface area contributed by atoms with Crippen LogP contribution in [0.3, 0.4) is 0 Å². The number of amides is 1. The topological polar surface area (TPSA) is 129 Å². The molecular formula is C18H17Br2N3O6S. The molecule has 0 atom stereocenters. The molecule has 2 aromatic rings. The molecule has 0 unspecified atom stereocenters. The van der Waals surface area contributed by atoms with Gasteiger partial charge in [0.25, 0.3) is 5.91 Å². The number of oxime groups is 1. The first-order valence-electron chi connectivity index (χ1n) is 8.71. The maximum atomic E-state index is 12.8. The second kappa shape index (κ2) is 9.33. The van der Waals surface area contributed by atoms with Gasteiger partial charge in [0.05, 0.1) is 8.95 Å². The number of aromatic hydroxyl groups is 1. The number of sulfonamides is 1. The van der Waals surface area contributed by atoms with Crippen LogP contribution < -0.4 is 10.1 Å². The Morgan fingerprint density at radius 1 is 1.17 bits per heavy atom. The lowest BCUT2D eigenvalue weighted by Gasteiger charge is -2.18. The third kappa shape index (κ3) is 4.94. The van der Waals surface area contributed by atoms with Crippen molar-refractivity contribution in [3.8, 4) is 17.2 Å². The molecule has 1 heterocycles. The van der Waals surface area contributed by atoms with E-state index < -0.39 is 15.9 Å². The zero-order valence-electron chi connectivity index (χ0n) is 15.4. The van der Waals surface area contributed by atoms with Crippen molar-refractivity contribution in [2.75, 3.05) is 18.4 Å². The van der Waals surface area contributed by atoms with E-state index >= 15 is 0 Å². The lowest BCUT2D eigenvalue weighted by molar-refractivity contribution is -0.110. The lowest BCUT2D eigenvalue weighted by Crippen LogP contribution is -2.27. The average molecular weight is 563 g/mol. The van der Waals surface area contributed by atoms with Gasteiger partial charge in [0.2, 0.25) is 10.0 Å². The van der Waals surface area contributed by atoms with Gasteiger partial charge >= 0.3 is 0 Å². The minimum atomic E-state index is -3.83. The van der Waals surface area contributed by atoms with Crippen LogP contribution in [0.4, 0.5) is 5.69 Å². The van der Waals surface area contributed by atoms with E-state index in [-0.39, 0.29) is 16.4 Å². The molecule has 12 heteroatoms. The molecule has 30 heavy (non-hydrogen) atoms. The zero-order valence-corrected chi connectivity index (χ0v) is 19.4. The highest BCUT2D eigenvalue weighted by molar-refractivity contribution is 9.11. The molecule has 1 aliphatic rings. The molecule has 3 rings (SSSR count). The Hall–Kier alpha value is -2.15. The summed E-state index contributed by atoms with van der Waals surface area (Å²) in [6, 6.07) is 7.11. The standard InChI is InChI=1S/C18H17Br2N3O6S/c19-13-7-11(22-17(25)10-21-26)8-14(20)18(13)29-12-3-4-15(24)16(9-12)30(27,28)23-5-1-2-6-23/h3-4,7-10,24,26H,1-2,5-6H2,(H,22,25)/b21-10+. The van der Waals surface area contributed by atoms with Gasteiger partial charge in [-0.2, -0.15) is 4.31 Å². The Bertz CT molecular complexity index is 1080. The van der Waals surface area contributed by atoms with Gasteiger partial charge in [-0.05, 0) is 69.0 Å². The van der Waals surface area contributed by atoms with Gasteiger partial charge in [-0.25, -0.2) is 8.42 Å². The van der Waals surface area contributed by atoms with E-state index in [1.165, 1.54) is 22.5 Å². The summed E-state index contributed by atoms with van der Waals surface area (Å²) in [5.74, 6) is -0.438. The van der Waals surface area contributed by atoms with Crippen LogP contribution in [0.15, 0.2) is 49.3 Å². The number of carbonyl (C=O) groups is 1. The van der Waals surface area contributed by atoms with E-state index in [2.05, 4.69) is 42.3 Å². The van der Waals surface area contributed by atoms with Gasteiger partial charge in [0, 0.05) is 24.8 Å². The summed E-state index contributed by atoms with van der Waals surface area (Å²) in [5, 5.41) is 23.7. The van der Waals surface area contributed by atoms with Crippen molar-refractivity contribution >= 4 is 59.7 Å². The summed E-state index contributed by atoms with van der Waals surface area (Å²) in [6.07, 6.45) is 2.28. The minimum Gasteiger partial charge on any atom is -0.507 e. The second-order valence-electron chi connectivity index (χ2n) is 6.35. The summed E-state index contributed by atoms with van der Waals surface area (Å²) in [7, 11) is -3.83. The van der Waals surface area contributed by atoms with Crippen molar-refractivity contribution in [1.82, 2.24) is 4.31 Å². The Morgan fingerprint density at radius 3 is 2.40 bits per heavy atom. The number of hydrogen-bond donors (Lipinski definition) is 3. The number of rotatable bonds is 6. The Balaban J connectivity index is 1.89. The number of carbonyl (C=O) groups excluding carboxylic acids is 1. The number of ether oxygens (including phenoxy) is 1. The molecule has 9 nitrogen and oxygen atoms in total. The monoisotopic (exact) mass is 561 g/mol. The average Bonchev–Trinajstić information content (AvgIpc) is 3.21. The largest absolute Gasteiger partial charge is 0.507 e. The van der Waals surface area contributed by atoms with Gasteiger partial charge in [-0.1, -0.05) is 5.16 Å². The molecule has 0 spiro atoms.